The third-order valence-electron chi connectivity index (χ3n) is 15.7. The van der Waals surface area contributed by atoms with Gasteiger partial charge in [-0.15, -0.1) is 11.8 Å². The molecule has 24 heteroatoms. The summed E-state index contributed by atoms with van der Waals surface area (Å²) >= 11 is 1.07. The lowest BCUT2D eigenvalue weighted by Crippen LogP contribution is -2.44. The molecular formula is C65H75F2N7O14S. The molecule has 0 saturated carbocycles. The summed E-state index contributed by atoms with van der Waals surface area (Å²) in [5.74, 6) is -11.6. The Bertz CT molecular complexity index is 3540. The summed E-state index contributed by atoms with van der Waals surface area (Å²) in [4.78, 5) is 144. The van der Waals surface area contributed by atoms with Gasteiger partial charge in [0.05, 0.1) is 41.8 Å². The van der Waals surface area contributed by atoms with Crippen molar-refractivity contribution < 1.29 is 67.3 Å². The summed E-state index contributed by atoms with van der Waals surface area (Å²) in [5, 5.41) is 34.2. The number of nitrogens with two attached hydrogens (primary N) is 2. The first-order chi connectivity index (χ1) is 42.3. The fourth-order valence-electron chi connectivity index (χ4n) is 10.3. The summed E-state index contributed by atoms with van der Waals surface area (Å²) in [7, 11) is 0. The van der Waals surface area contributed by atoms with Crippen molar-refractivity contribution in [3.8, 4) is 11.1 Å². The van der Waals surface area contributed by atoms with E-state index in [0.717, 1.165) is 44.2 Å². The van der Waals surface area contributed by atoms with Gasteiger partial charge in [0, 0.05) is 93.2 Å². The van der Waals surface area contributed by atoms with Gasteiger partial charge in [-0.25, -0.2) is 18.4 Å². The number of thioether (sulfide) groups is 1. The van der Waals surface area contributed by atoms with E-state index in [-0.39, 0.29) is 106 Å². The van der Waals surface area contributed by atoms with E-state index in [2.05, 4.69) is 17.2 Å². The van der Waals surface area contributed by atoms with Gasteiger partial charge in [-0.3, -0.25) is 52.3 Å². The first kappa shape index (κ1) is 69.4. The van der Waals surface area contributed by atoms with Crippen molar-refractivity contribution in [1.82, 2.24) is 24.7 Å². The van der Waals surface area contributed by atoms with Gasteiger partial charge in [0.2, 0.25) is 17.7 Å². The van der Waals surface area contributed by atoms with Crippen LogP contribution in [0.3, 0.4) is 0 Å². The molecule has 5 aromatic rings. The number of allylic oxidation sites excluding steroid dienone is 1. The molecule has 3 amide bonds. The van der Waals surface area contributed by atoms with Crippen molar-refractivity contribution in [3.63, 3.8) is 0 Å². The quantitative estimate of drug-likeness (QED) is 0.0243. The fourth-order valence-corrected chi connectivity index (χ4v) is 11.6. The van der Waals surface area contributed by atoms with Crippen LogP contribution in [0.1, 0.15) is 110 Å². The number of ketones is 3. The number of nitrogens with zero attached hydrogens (tertiary/aromatic N) is 3. The number of nitrogens with one attached hydrogen (secondary N) is 2. The standard InChI is InChI=1S/C65H75F2N7O14S/c1-38-15-17-41(18-16-38)20-27-57(78)70-29-30-72-39(2)31-56(60(72)80)89-37-46(63(84)85)34-55(77)52(68)25-23-47(75)24-26-54(64(86)87)71-58(79)28-21-45(62(82)83)33-48(76)22-19-42-9-7-12-44(32-42)59-40(3)73(35-49-50(66)13-8-14-51(49)67)65(88)74(61(59)81)36-53(69)43-10-5-4-6-11-43/h4-18,32,45-46,52-54,56H,2,19-31,33-37,68-69H2,1,3H3,(H,70,78)(H,71,79)(H,82,83)(H,84,85)(H,86,87)/t45?,46?,52?,53-,54?,56?/m0/s1. The molecule has 0 radical (unpaired) electrons. The topological polar surface area (TPSA) is 338 Å². The third kappa shape index (κ3) is 20.1. The lowest BCUT2D eigenvalue weighted by molar-refractivity contribution is -0.145. The lowest BCUT2D eigenvalue weighted by atomic mass is 9.93. The number of carboxylic acid groups (broad SMARTS) is 3. The van der Waals surface area contributed by atoms with Gasteiger partial charge in [-0.05, 0) is 80.3 Å². The Kier molecular flexibility index (Phi) is 25.7. The number of hydrogen-bond donors (Lipinski definition) is 7. The van der Waals surface area contributed by atoms with Crippen LogP contribution < -0.4 is 33.3 Å². The van der Waals surface area contributed by atoms with Gasteiger partial charge in [0.15, 0.2) is 0 Å². The number of carbonyl (C=O) groups excluding carboxylic acids is 6. The molecule has 6 rings (SSSR count). The van der Waals surface area contributed by atoms with E-state index in [9.17, 15) is 76.8 Å². The summed E-state index contributed by atoms with van der Waals surface area (Å²) in [6.07, 6.45) is -2.00. The van der Waals surface area contributed by atoms with Crippen LogP contribution in [-0.4, -0.2) is 119 Å². The minimum Gasteiger partial charge on any atom is -0.481 e. The van der Waals surface area contributed by atoms with Gasteiger partial charge in [0.1, 0.15) is 35.0 Å². The maximum absolute atomic E-state index is 15.0. The van der Waals surface area contributed by atoms with E-state index in [1.54, 1.807) is 54.6 Å². The molecule has 1 saturated heterocycles. The molecule has 89 heavy (non-hydrogen) atoms. The summed E-state index contributed by atoms with van der Waals surface area (Å²) < 4.78 is 31.9. The lowest BCUT2D eigenvalue weighted by Gasteiger charge is -2.20. The van der Waals surface area contributed by atoms with E-state index in [1.807, 2.05) is 31.2 Å². The zero-order valence-electron chi connectivity index (χ0n) is 49.6. The van der Waals surface area contributed by atoms with Gasteiger partial charge < -0.3 is 42.3 Å². The predicted octanol–water partition coefficient (Wildman–Crippen LogP) is 5.98. The van der Waals surface area contributed by atoms with Crippen LogP contribution >= 0.6 is 11.8 Å². The van der Waals surface area contributed by atoms with Crippen molar-refractivity contribution >= 4 is 64.7 Å². The summed E-state index contributed by atoms with van der Waals surface area (Å²) in [6.45, 7) is 6.95. The maximum atomic E-state index is 15.0. The van der Waals surface area contributed by atoms with Crippen molar-refractivity contribution in [3.05, 3.63) is 175 Å². The Morgan fingerprint density at radius 2 is 1.35 bits per heavy atom. The summed E-state index contributed by atoms with van der Waals surface area (Å²) in [6, 6.07) is 22.7. The Hall–Kier alpha value is -8.74. The van der Waals surface area contributed by atoms with Crippen molar-refractivity contribution in [2.75, 3.05) is 18.8 Å². The molecule has 1 fully saturated rings. The number of Topliss-reactive ketones (excluding diaryl/α,β-unsaturated/α-hetero) is 3. The highest BCUT2D eigenvalue weighted by molar-refractivity contribution is 8.00. The largest absolute Gasteiger partial charge is 0.481 e. The number of aliphatic carboxylic acids is 3. The van der Waals surface area contributed by atoms with Crippen LogP contribution in [0.25, 0.3) is 11.1 Å². The zero-order valence-corrected chi connectivity index (χ0v) is 50.4. The number of carbonyl (C=O) groups is 9. The van der Waals surface area contributed by atoms with E-state index >= 15 is 0 Å². The van der Waals surface area contributed by atoms with Gasteiger partial charge >= 0.3 is 23.6 Å². The molecular weight excluding hydrogens is 1170 g/mol. The molecule has 2 heterocycles. The number of aryl methyl sites for hydroxylation is 3. The highest BCUT2D eigenvalue weighted by Crippen LogP contribution is 2.32. The summed E-state index contributed by atoms with van der Waals surface area (Å²) in [5.41, 5.74) is 14.8. The molecule has 0 spiro atoms. The molecule has 4 aromatic carbocycles. The van der Waals surface area contributed by atoms with E-state index in [1.165, 1.54) is 17.9 Å². The Labute approximate surface area is 516 Å². The maximum Gasteiger partial charge on any atom is 0.331 e. The smallest absolute Gasteiger partial charge is 0.331 e. The average Bonchev–Trinajstić information content (AvgIpc) is 2.47. The molecule has 9 N–H and O–H groups in total. The van der Waals surface area contributed by atoms with Crippen LogP contribution in [0.4, 0.5) is 8.78 Å². The van der Waals surface area contributed by atoms with Crippen molar-refractivity contribution in [1.29, 1.82) is 0 Å². The molecule has 1 aromatic heterocycles. The van der Waals surface area contributed by atoms with Crippen LogP contribution in [0.15, 0.2) is 119 Å². The molecule has 5 unspecified atom stereocenters. The van der Waals surface area contributed by atoms with Gasteiger partial charge in [-0.1, -0.05) is 97.1 Å². The number of carboxylic acids is 3. The minimum absolute atomic E-state index is 0.0321. The second-order valence-electron chi connectivity index (χ2n) is 22.3. The van der Waals surface area contributed by atoms with E-state index in [4.69, 9.17) is 11.5 Å². The Balaban J connectivity index is 0.940. The Morgan fingerprint density at radius 3 is 2.01 bits per heavy atom. The SMILES string of the molecule is C=C1CC(SCC(CC(=O)C(N)CCC(=O)CCC(NC(=O)CCC(CC(=O)CCc2cccc(-c3c(C)n(Cc4c(F)cccc4F)c(=O)n(C[C@H](N)c4ccccc4)c3=O)c2)C(=O)O)C(=O)O)C(=O)O)C(=O)N1CCNC(=O)CCc1ccc(C)cc1. The van der Waals surface area contributed by atoms with E-state index < -0.39 is 131 Å². The molecule has 474 valence electrons. The first-order valence-corrected chi connectivity index (χ1v) is 30.3. The number of halogens is 2. The third-order valence-corrected chi connectivity index (χ3v) is 17.0. The second-order valence-corrected chi connectivity index (χ2v) is 23.5. The number of aromatic nitrogens is 2. The molecule has 6 atom stereocenters. The number of hydrogen-bond acceptors (Lipinski definition) is 14. The monoisotopic (exact) mass is 1250 g/mol. The highest BCUT2D eigenvalue weighted by atomic mass is 32.2. The molecule has 1 aliphatic heterocycles. The second kappa shape index (κ2) is 33.0. The minimum atomic E-state index is -1.57. The van der Waals surface area contributed by atoms with Crippen LogP contribution in [0.2, 0.25) is 0 Å². The Morgan fingerprint density at radius 1 is 0.697 bits per heavy atom. The number of amides is 3. The van der Waals surface area contributed by atoms with Crippen molar-refractivity contribution in [2.45, 2.75) is 134 Å². The van der Waals surface area contributed by atoms with E-state index in [0.29, 0.717) is 28.8 Å². The highest BCUT2D eigenvalue weighted by Gasteiger charge is 2.37. The molecule has 0 aliphatic carbocycles. The molecule has 0 bridgehead atoms. The average molecular weight is 1250 g/mol. The molecule has 21 nitrogen and oxygen atoms in total. The molecule has 1 aliphatic rings. The van der Waals surface area contributed by atoms with Gasteiger partial charge in [-0.2, -0.15) is 0 Å². The van der Waals surface area contributed by atoms with Crippen molar-refractivity contribution in [2.24, 2.45) is 23.3 Å². The van der Waals surface area contributed by atoms with Crippen LogP contribution in [-0.2, 0) is 69.1 Å². The number of likely N-dealkylation sites (tertiary alicyclic amines) is 1. The van der Waals surface area contributed by atoms with Gasteiger partial charge in [0.25, 0.3) is 5.56 Å². The van der Waals surface area contributed by atoms with Crippen LogP contribution in [0.5, 0.6) is 0 Å². The number of benzene rings is 4. The fraction of sp³-hybridized carbons (Fsp3) is 0.400. The van der Waals surface area contributed by atoms with Crippen LogP contribution in [0, 0.1) is 37.3 Å². The number of rotatable bonds is 36. The zero-order chi connectivity index (χ0) is 65.1. The predicted molar refractivity (Wildman–Crippen MR) is 328 cm³/mol. The first-order valence-electron chi connectivity index (χ1n) is 29.2. The normalized spacial score (nSPS) is 14.8.